The second kappa shape index (κ2) is 10.1. The fourth-order valence-corrected chi connectivity index (χ4v) is 4.79. The molecule has 0 aliphatic heterocycles. The Morgan fingerprint density at radius 1 is 1.17 bits per heavy atom. The lowest BCUT2D eigenvalue weighted by atomic mass is 10.1. The molecule has 4 N–H and O–H groups in total. The Bertz CT molecular complexity index is 2090. The van der Waals surface area contributed by atoms with Gasteiger partial charge in [-0.25, -0.2) is 10.1 Å². The molecule has 4 aromatic heterocycles. The lowest BCUT2D eigenvalue weighted by Gasteiger charge is -2.20. The number of nitrogen functional groups attached to an aromatic ring is 1. The van der Waals surface area contributed by atoms with Gasteiger partial charge in [0.05, 0.1) is 34.4 Å². The van der Waals surface area contributed by atoms with Crippen molar-refractivity contribution in [3.8, 4) is 17.5 Å². The fraction of sp³-hybridized carbons (Fsp3) is 0.133. The van der Waals surface area contributed by atoms with Gasteiger partial charge in [-0.3, -0.25) is 18.8 Å². The Labute approximate surface area is 234 Å². The highest BCUT2D eigenvalue weighted by molar-refractivity contribution is 6.03. The maximum absolute atomic E-state index is 14.2. The SMILES string of the molecule is Cc1cccc(-n2c(C(C)NC(=O)c3c(N)[nH][n+]4cccnc34)nc3cccc(C#Cc4cnn(C)c4)c3c2=O)c1. The van der Waals surface area contributed by atoms with E-state index in [1.165, 1.54) is 4.57 Å². The summed E-state index contributed by atoms with van der Waals surface area (Å²) in [6.45, 7) is 3.72. The summed E-state index contributed by atoms with van der Waals surface area (Å²) in [5.41, 5.74) is 9.76. The summed E-state index contributed by atoms with van der Waals surface area (Å²) in [6, 6.07) is 14.0. The van der Waals surface area contributed by atoms with Crippen LogP contribution >= 0.6 is 0 Å². The largest absolute Gasteiger partial charge is 0.382 e. The average molecular weight is 545 g/mol. The Morgan fingerprint density at radius 3 is 2.78 bits per heavy atom. The smallest absolute Gasteiger partial charge is 0.362 e. The van der Waals surface area contributed by atoms with Crippen LogP contribution in [-0.4, -0.2) is 35.3 Å². The summed E-state index contributed by atoms with van der Waals surface area (Å²) in [4.78, 5) is 36.8. The number of aryl methyl sites for hydroxylation is 2. The van der Waals surface area contributed by atoms with E-state index in [-0.39, 0.29) is 16.9 Å². The average Bonchev–Trinajstić information content (AvgIpc) is 3.52. The maximum Gasteiger partial charge on any atom is 0.362 e. The predicted molar refractivity (Wildman–Crippen MR) is 153 cm³/mol. The highest BCUT2D eigenvalue weighted by atomic mass is 16.2. The highest BCUT2D eigenvalue weighted by Crippen LogP contribution is 2.22. The number of aromatic amines is 1. The zero-order valence-corrected chi connectivity index (χ0v) is 22.6. The van der Waals surface area contributed by atoms with Gasteiger partial charge in [0.15, 0.2) is 11.4 Å². The highest BCUT2D eigenvalue weighted by Gasteiger charge is 2.27. The van der Waals surface area contributed by atoms with Crippen LogP contribution in [0.3, 0.4) is 0 Å². The third kappa shape index (κ3) is 4.68. The summed E-state index contributed by atoms with van der Waals surface area (Å²) >= 11 is 0. The number of carbonyl (C=O) groups excluding carboxylic acids is 1. The molecule has 0 bridgehead atoms. The van der Waals surface area contributed by atoms with E-state index in [0.29, 0.717) is 33.6 Å². The summed E-state index contributed by atoms with van der Waals surface area (Å²) in [6.07, 6.45) is 6.77. The maximum atomic E-state index is 14.2. The van der Waals surface area contributed by atoms with Crippen LogP contribution in [0, 0.1) is 18.8 Å². The quantitative estimate of drug-likeness (QED) is 0.230. The normalized spacial score (nSPS) is 11.8. The Balaban J connectivity index is 1.49. The number of H-pyrrole nitrogens is 1. The Kier molecular flexibility index (Phi) is 6.28. The molecule has 0 fully saturated rings. The number of nitrogens with one attached hydrogen (secondary N) is 2. The van der Waals surface area contributed by atoms with Crippen LogP contribution in [0.1, 0.15) is 45.8 Å². The van der Waals surface area contributed by atoms with Crippen molar-refractivity contribution in [2.24, 2.45) is 7.05 Å². The first kappa shape index (κ1) is 25.5. The molecule has 202 valence electrons. The molecule has 0 aliphatic rings. The fourth-order valence-electron chi connectivity index (χ4n) is 4.79. The van der Waals surface area contributed by atoms with Gasteiger partial charge >= 0.3 is 5.65 Å². The van der Waals surface area contributed by atoms with Crippen molar-refractivity contribution in [1.29, 1.82) is 0 Å². The lowest BCUT2D eigenvalue weighted by Crippen LogP contribution is -2.34. The summed E-state index contributed by atoms with van der Waals surface area (Å²) in [5, 5.41) is 10.4. The van der Waals surface area contributed by atoms with E-state index in [1.54, 1.807) is 59.1 Å². The number of nitrogens with zero attached hydrogens (tertiary/aromatic N) is 6. The summed E-state index contributed by atoms with van der Waals surface area (Å²) in [5.74, 6) is 6.28. The zero-order chi connectivity index (χ0) is 28.7. The number of nitrogens with two attached hydrogens (primary N) is 1. The predicted octanol–water partition coefficient (Wildman–Crippen LogP) is 2.36. The molecule has 1 atom stereocenters. The van der Waals surface area contributed by atoms with Crippen molar-refractivity contribution in [3.63, 3.8) is 0 Å². The van der Waals surface area contributed by atoms with Crippen LogP contribution in [0.4, 0.5) is 5.82 Å². The molecule has 4 heterocycles. The van der Waals surface area contributed by atoms with Gasteiger partial charge in [0, 0.05) is 24.9 Å². The van der Waals surface area contributed by atoms with Crippen LogP contribution in [-0.2, 0) is 7.05 Å². The van der Waals surface area contributed by atoms with Crippen LogP contribution < -0.4 is 21.1 Å². The summed E-state index contributed by atoms with van der Waals surface area (Å²) in [7, 11) is 1.82. The van der Waals surface area contributed by atoms with Crippen molar-refractivity contribution in [2.45, 2.75) is 19.9 Å². The van der Waals surface area contributed by atoms with E-state index in [9.17, 15) is 9.59 Å². The Hall–Kier alpha value is -5.76. The molecule has 2 aromatic carbocycles. The van der Waals surface area contributed by atoms with Gasteiger partial charge in [-0.05, 0) is 48.7 Å². The van der Waals surface area contributed by atoms with Gasteiger partial charge in [0.2, 0.25) is 0 Å². The molecular formula is C30H26N9O2+. The first-order valence-electron chi connectivity index (χ1n) is 12.9. The minimum absolute atomic E-state index is 0.174. The number of anilines is 1. The first-order valence-corrected chi connectivity index (χ1v) is 12.9. The Morgan fingerprint density at radius 2 is 2.00 bits per heavy atom. The molecule has 6 rings (SSSR count). The van der Waals surface area contributed by atoms with Crippen molar-refractivity contribution < 1.29 is 9.31 Å². The topological polar surface area (TPSA) is 141 Å². The molecule has 0 spiro atoms. The van der Waals surface area contributed by atoms with Gasteiger partial charge in [-0.1, -0.05) is 30.0 Å². The number of benzene rings is 2. The van der Waals surface area contributed by atoms with Crippen molar-refractivity contribution in [1.82, 2.24) is 34.7 Å². The van der Waals surface area contributed by atoms with Crippen LogP contribution in [0.15, 0.2) is 78.1 Å². The van der Waals surface area contributed by atoms with Gasteiger partial charge in [0.1, 0.15) is 18.2 Å². The van der Waals surface area contributed by atoms with E-state index in [1.807, 2.05) is 44.3 Å². The van der Waals surface area contributed by atoms with Crippen LogP contribution in [0.2, 0.25) is 0 Å². The molecule has 0 saturated carbocycles. The molecule has 11 heteroatoms. The zero-order valence-electron chi connectivity index (χ0n) is 22.6. The van der Waals surface area contributed by atoms with E-state index in [4.69, 9.17) is 10.7 Å². The number of hydrogen-bond acceptors (Lipinski definition) is 6. The second-order valence-corrected chi connectivity index (χ2v) is 9.71. The third-order valence-corrected chi connectivity index (χ3v) is 6.67. The monoisotopic (exact) mass is 544 g/mol. The van der Waals surface area contributed by atoms with Gasteiger partial charge < -0.3 is 11.1 Å². The van der Waals surface area contributed by atoms with Crippen molar-refractivity contribution in [2.75, 3.05) is 5.73 Å². The standard InChI is InChI=1S/C30H25N9O2/c1-18-7-4-9-22(15-18)39-27(19(2)34-29(40)25-26(31)36-38-14-6-13-32-28(25)38)35-23-10-5-8-21(24(23)30(39)41)12-11-20-16-33-37(3)17-20/h4-10,13-17,19H,1-3H3,(H3,31,34,36,40)/p+1. The van der Waals surface area contributed by atoms with Gasteiger partial charge in [0.25, 0.3) is 11.5 Å². The minimum Gasteiger partial charge on any atom is -0.382 e. The number of fused-ring (bicyclic) bond motifs is 2. The molecule has 0 radical (unpaired) electrons. The van der Waals surface area contributed by atoms with Crippen LogP contribution in [0.25, 0.3) is 22.2 Å². The van der Waals surface area contributed by atoms with E-state index < -0.39 is 11.9 Å². The van der Waals surface area contributed by atoms with Gasteiger partial charge in [-0.2, -0.15) is 5.10 Å². The second-order valence-electron chi connectivity index (χ2n) is 9.71. The number of rotatable bonds is 4. The van der Waals surface area contributed by atoms with Gasteiger partial charge in [-0.15, -0.1) is 4.52 Å². The molecule has 0 aliphatic carbocycles. The number of amides is 1. The minimum atomic E-state index is -0.677. The van der Waals surface area contributed by atoms with Crippen molar-refractivity contribution in [3.05, 3.63) is 112 Å². The molecule has 1 amide bonds. The number of carbonyl (C=O) groups is 1. The van der Waals surface area contributed by atoms with Crippen molar-refractivity contribution >= 4 is 28.3 Å². The van der Waals surface area contributed by atoms with E-state index in [0.717, 1.165) is 11.1 Å². The van der Waals surface area contributed by atoms with E-state index >= 15 is 0 Å². The molecule has 0 saturated heterocycles. The molecule has 1 unspecified atom stereocenters. The molecule has 41 heavy (non-hydrogen) atoms. The molecule has 11 nitrogen and oxygen atoms in total. The number of aromatic nitrogens is 7. The third-order valence-electron chi connectivity index (χ3n) is 6.67. The van der Waals surface area contributed by atoms with Crippen LogP contribution in [0.5, 0.6) is 0 Å². The summed E-state index contributed by atoms with van der Waals surface area (Å²) < 4.78 is 4.76. The molecular weight excluding hydrogens is 518 g/mol. The molecule has 6 aromatic rings. The number of hydrogen-bond donors (Lipinski definition) is 3. The first-order chi connectivity index (χ1) is 19.8. The van der Waals surface area contributed by atoms with E-state index in [2.05, 4.69) is 32.3 Å². The lowest BCUT2D eigenvalue weighted by molar-refractivity contribution is -0.577.